The van der Waals surface area contributed by atoms with Crippen LogP contribution in [0.4, 0.5) is 19.3 Å². The van der Waals surface area contributed by atoms with Crippen LogP contribution in [0.1, 0.15) is 53.9 Å². The van der Waals surface area contributed by atoms with Crippen molar-refractivity contribution in [1.29, 1.82) is 5.26 Å². The minimum atomic E-state index is -3.97. The third-order valence-electron chi connectivity index (χ3n) is 8.00. The van der Waals surface area contributed by atoms with Crippen molar-refractivity contribution in [1.82, 2.24) is 14.8 Å². The van der Waals surface area contributed by atoms with Gasteiger partial charge >= 0.3 is 11.4 Å². The molecule has 1 atom stereocenters. The summed E-state index contributed by atoms with van der Waals surface area (Å²) in [5.41, 5.74) is -2.68. The first-order valence-corrected chi connectivity index (χ1v) is 15.7. The van der Waals surface area contributed by atoms with Crippen molar-refractivity contribution in [2.45, 2.75) is 53.9 Å². The number of amides is 3. The molecular formula is C30H26Cl3F2N5O4S. The average Bonchev–Trinajstić information content (AvgIpc) is 3.25. The first-order valence-electron chi connectivity index (χ1n) is 13.8. The number of hydrogen-bond donors (Lipinski definition) is 2. The summed E-state index contributed by atoms with van der Waals surface area (Å²) in [7, 11) is 0. The summed E-state index contributed by atoms with van der Waals surface area (Å²) < 4.78 is 28.4. The standard InChI is InChI=1S/C30H26Cl3F2N5O4S/c1-3-38-10-5-11-39(28(38)44)20-12-16-15-40(29(2,8-9-36)17(16)13-21(20)41)27(43)24-22(14-23(30(33,34)35)37-26(24)42)45-25-18(31)6-4-7-19(25)32/h4,6-7,12-14,41H,3,5,8,10-11,15H2,1-2H3,(H,37,42)/t29-/m0/s1. The number of nitrogens with zero attached hydrogens (tertiary/aromatic N) is 4. The fourth-order valence-electron chi connectivity index (χ4n) is 5.69. The summed E-state index contributed by atoms with van der Waals surface area (Å²) in [5, 5.41) is 17.2. The zero-order valence-electron chi connectivity index (χ0n) is 24.0. The molecule has 0 unspecified atom stereocenters. The molecule has 0 bridgehead atoms. The van der Waals surface area contributed by atoms with E-state index in [-0.39, 0.29) is 50.3 Å². The lowest BCUT2D eigenvalue weighted by Gasteiger charge is -2.36. The fourth-order valence-corrected chi connectivity index (χ4v) is 7.44. The predicted octanol–water partition coefficient (Wildman–Crippen LogP) is 7.26. The first kappa shape index (κ1) is 32.9. The summed E-state index contributed by atoms with van der Waals surface area (Å²) in [6.45, 7) is 4.81. The fraction of sp³-hybridized carbons (Fsp3) is 0.333. The zero-order valence-corrected chi connectivity index (χ0v) is 27.0. The van der Waals surface area contributed by atoms with Crippen molar-refractivity contribution < 1.29 is 23.5 Å². The topological polar surface area (TPSA) is 121 Å². The summed E-state index contributed by atoms with van der Waals surface area (Å²) in [6.07, 6.45) is 0.453. The Morgan fingerprint density at radius 2 is 1.89 bits per heavy atom. The highest BCUT2D eigenvalue weighted by molar-refractivity contribution is 7.99. The van der Waals surface area contributed by atoms with Gasteiger partial charge in [-0.3, -0.25) is 14.5 Å². The number of hydrogen-bond acceptors (Lipinski definition) is 6. The maximum Gasteiger partial charge on any atom is 0.362 e. The number of phenolic OH excluding ortho intramolecular Hbond substituents is 1. The molecular weight excluding hydrogens is 671 g/mol. The van der Waals surface area contributed by atoms with Crippen molar-refractivity contribution >= 4 is 64.2 Å². The molecule has 2 N–H and O–H groups in total. The van der Waals surface area contributed by atoms with E-state index in [1.165, 1.54) is 28.0 Å². The number of urea groups is 1. The van der Waals surface area contributed by atoms with Crippen LogP contribution >= 0.6 is 46.6 Å². The van der Waals surface area contributed by atoms with Gasteiger partial charge in [-0.05, 0) is 73.3 Å². The van der Waals surface area contributed by atoms with E-state index in [4.69, 9.17) is 34.8 Å². The van der Waals surface area contributed by atoms with Gasteiger partial charge in [0, 0.05) is 36.0 Å². The number of nitrogens with one attached hydrogen (secondary N) is 1. The highest BCUT2D eigenvalue weighted by atomic mass is 35.5. The molecule has 5 rings (SSSR count). The molecule has 1 aromatic heterocycles. The molecule has 2 aromatic carbocycles. The number of aromatic amines is 1. The number of aromatic hydroxyl groups is 1. The third-order valence-corrected chi connectivity index (χ3v) is 10.2. The average molecular weight is 697 g/mol. The molecule has 0 aliphatic carbocycles. The smallest absolute Gasteiger partial charge is 0.362 e. The number of phenols is 1. The van der Waals surface area contributed by atoms with Crippen LogP contribution in [0.15, 0.2) is 51.0 Å². The van der Waals surface area contributed by atoms with Crippen LogP contribution < -0.4 is 10.5 Å². The van der Waals surface area contributed by atoms with E-state index in [9.17, 15) is 33.5 Å². The van der Waals surface area contributed by atoms with Crippen LogP contribution in [0.25, 0.3) is 0 Å². The van der Waals surface area contributed by atoms with Crippen LogP contribution in [0.3, 0.4) is 0 Å². The Bertz CT molecular complexity index is 1790. The number of alkyl halides is 3. The summed E-state index contributed by atoms with van der Waals surface area (Å²) in [5.74, 6) is -1.08. The molecule has 0 saturated carbocycles. The van der Waals surface area contributed by atoms with Crippen LogP contribution in [-0.4, -0.2) is 51.5 Å². The number of anilines is 1. The van der Waals surface area contributed by atoms with Gasteiger partial charge in [-0.2, -0.15) is 14.0 Å². The number of halogens is 5. The van der Waals surface area contributed by atoms with E-state index >= 15 is 0 Å². The minimum absolute atomic E-state index is 0.108. The van der Waals surface area contributed by atoms with Crippen molar-refractivity contribution in [3.8, 4) is 11.8 Å². The molecule has 3 aromatic rings. The van der Waals surface area contributed by atoms with Crippen molar-refractivity contribution in [3.63, 3.8) is 0 Å². The van der Waals surface area contributed by atoms with Crippen molar-refractivity contribution in [3.05, 3.63) is 79.2 Å². The molecule has 0 radical (unpaired) electrons. The monoisotopic (exact) mass is 695 g/mol. The summed E-state index contributed by atoms with van der Waals surface area (Å²) >= 11 is 18.6. The minimum Gasteiger partial charge on any atom is -0.506 e. The second-order valence-corrected chi connectivity index (χ2v) is 13.1. The molecule has 2 aliphatic heterocycles. The Hall–Kier alpha value is -3.50. The van der Waals surface area contributed by atoms with E-state index in [0.717, 1.165) is 17.8 Å². The van der Waals surface area contributed by atoms with Gasteiger partial charge < -0.3 is 19.9 Å². The van der Waals surface area contributed by atoms with E-state index in [1.807, 2.05) is 11.9 Å². The number of rotatable bonds is 7. The maximum absolute atomic E-state index is 14.3. The number of benzene rings is 2. The van der Waals surface area contributed by atoms with Gasteiger partial charge in [0.25, 0.3) is 11.5 Å². The Morgan fingerprint density at radius 1 is 1.20 bits per heavy atom. The molecule has 3 heterocycles. The molecule has 0 spiro atoms. The molecule has 15 heteroatoms. The highest BCUT2D eigenvalue weighted by Crippen LogP contribution is 2.48. The molecule has 1 saturated heterocycles. The number of aromatic nitrogens is 1. The van der Waals surface area contributed by atoms with Gasteiger partial charge in [-0.1, -0.05) is 41.0 Å². The second kappa shape index (κ2) is 12.4. The molecule has 3 amide bonds. The van der Waals surface area contributed by atoms with Gasteiger partial charge in [-0.15, -0.1) is 0 Å². The van der Waals surface area contributed by atoms with Crippen molar-refractivity contribution in [2.24, 2.45) is 0 Å². The molecule has 236 valence electrons. The van der Waals surface area contributed by atoms with Crippen LogP contribution in [0, 0.1) is 11.3 Å². The lowest BCUT2D eigenvalue weighted by Crippen LogP contribution is -2.49. The Balaban J connectivity index is 1.62. The summed E-state index contributed by atoms with van der Waals surface area (Å²) in [4.78, 5) is 47.2. The van der Waals surface area contributed by atoms with E-state index < -0.39 is 33.6 Å². The maximum atomic E-state index is 14.3. The number of fused-ring (bicyclic) bond motifs is 1. The normalized spacial score (nSPS) is 18.3. The number of pyridine rings is 1. The van der Waals surface area contributed by atoms with Crippen LogP contribution in [0.5, 0.6) is 5.75 Å². The number of carbonyl (C=O) groups is 2. The second-order valence-electron chi connectivity index (χ2n) is 10.8. The third kappa shape index (κ3) is 5.94. The Kier molecular flexibility index (Phi) is 9.03. The van der Waals surface area contributed by atoms with Gasteiger partial charge in [0.2, 0.25) is 0 Å². The number of nitriles is 1. The first-order chi connectivity index (χ1) is 21.2. The van der Waals surface area contributed by atoms with Gasteiger partial charge in [-0.25, -0.2) is 4.79 Å². The largest absolute Gasteiger partial charge is 0.506 e. The van der Waals surface area contributed by atoms with E-state index in [0.29, 0.717) is 37.2 Å². The van der Waals surface area contributed by atoms with E-state index in [1.54, 1.807) is 24.0 Å². The number of H-pyrrole nitrogens is 1. The summed E-state index contributed by atoms with van der Waals surface area (Å²) in [6, 6.07) is 10.3. The Labute approximate surface area is 276 Å². The zero-order chi connectivity index (χ0) is 32.8. The van der Waals surface area contributed by atoms with Crippen molar-refractivity contribution in [2.75, 3.05) is 24.5 Å². The molecule has 45 heavy (non-hydrogen) atoms. The van der Waals surface area contributed by atoms with Crippen LogP contribution in [-0.2, 0) is 17.5 Å². The lowest BCUT2D eigenvalue weighted by atomic mass is 9.88. The SMILES string of the molecule is CCN1CCCN(c2cc3c(cc2O)[C@](C)(CC#N)N(C(=O)c2c(Sc4c(Cl)cccc4Cl)cc(C(F)(F)Cl)[nH]c2=O)C3)C1=O. The van der Waals surface area contributed by atoms with E-state index in [2.05, 4.69) is 6.07 Å². The van der Waals surface area contributed by atoms with Gasteiger partial charge in [0.1, 0.15) is 17.0 Å². The molecule has 1 fully saturated rings. The van der Waals surface area contributed by atoms with Gasteiger partial charge in [0.05, 0.1) is 33.8 Å². The van der Waals surface area contributed by atoms with Crippen LogP contribution in [0.2, 0.25) is 10.0 Å². The predicted molar refractivity (Wildman–Crippen MR) is 168 cm³/mol. The highest BCUT2D eigenvalue weighted by Gasteiger charge is 2.46. The lowest BCUT2D eigenvalue weighted by molar-refractivity contribution is 0.0539. The number of carbonyl (C=O) groups excluding carboxylic acids is 2. The van der Waals surface area contributed by atoms with Gasteiger partial charge in [0.15, 0.2) is 0 Å². The molecule has 9 nitrogen and oxygen atoms in total. The quantitative estimate of drug-likeness (QED) is 0.251. The molecule has 2 aliphatic rings. The Morgan fingerprint density at radius 3 is 2.51 bits per heavy atom.